The highest BCUT2D eigenvalue weighted by atomic mass is 16.5. The lowest BCUT2D eigenvalue weighted by atomic mass is 9.98. The summed E-state index contributed by atoms with van der Waals surface area (Å²) in [5, 5.41) is 2.28. The van der Waals surface area contributed by atoms with Gasteiger partial charge in [0.05, 0.1) is 30.9 Å². The zero-order chi connectivity index (χ0) is 19.8. The van der Waals surface area contributed by atoms with Crippen LogP contribution in [0.3, 0.4) is 0 Å². The van der Waals surface area contributed by atoms with Crippen LogP contribution in [0.2, 0.25) is 0 Å². The van der Waals surface area contributed by atoms with Crippen LogP contribution < -0.4 is 0 Å². The average Bonchev–Trinajstić information content (AvgIpc) is 3.39. The Morgan fingerprint density at radius 1 is 1.10 bits per heavy atom. The van der Waals surface area contributed by atoms with Gasteiger partial charge in [0.25, 0.3) is 0 Å². The molecule has 7 heteroatoms. The fourth-order valence-corrected chi connectivity index (χ4v) is 3.94. The number of imidazole rings is 1. The van der Waals surface area contributed by atoms with Crippen molar-refractivity contribution in [2.75, 3.05) is 19.7 Å². The predicted octanol–water partition coefficient (Wildman–Crippen LogP) is 3.60. The molecule has 1 aliphatic rings. The maximum absolute atomic E-state index is 6.10. The fraction of sp³-hybridized carbons (Fsp3) is 0.318. The van der Waals surface area contributed by atoms with Crippen molar-refractivity contribution in [2.45, 2.75) is 26.5 Å². The van der Waals surface area contributed by atoms with Crippen LogP contribution in [-0.4, -0.2) is 44.1 Å². The van der Waals surface area contributed by atoms with Crippen molar-refractivity contribution in [3.8, 4) is 5.95 Å². The number of aromatic nitrogens is 4. The number of hydrogen-bond acceptors (Lipinski definition) is 6. The lowest BCUT2D eigenvalue weighted by Gasteiger charge is -2.33. The Balaban J connectivity index is 1.30. The molecule has 5 rings (SSSR count). The predicted molar refractivity (Wildman–Crippen MR) is 109 cm³/mol. The van der Waals surface area contributed by atoms with Gasteiger partial charge >= 0.3 is 0 Å². The zero-order valence-corrected chi connectivity index (χ0v) is 16.6. The minimum atomic E-state index is 0.0529. The molecule has 0 radical (unpaired) electrons. The van der Waals surface area contributed by atoms with E-state index in [1.807, 2.05) is 36.3 Å². The highest BCUT2D eigenvalue weighted by Crippen LogP contribution is 2.31. The van der Waals surface area contributed by atoms with Crippen LogP contribution in [0.1, 0.15) is 28.5 Å². The number of hydrogen-bond donors (Lipinski definition) is 0. The van der Waals surface area contributed by atoms with Gasteiger partial charge in [-0.3, -0.25) is 9.47 Å². The van der Waals surface area contributed by atoms with E-state index in [1.165, 1.54) is 11.1 Å². The first-order chi connectivity index (χ1) is 14.2. The Kier molecular flexibility index (Phi) is 4.61. The standard InChI is InChI=1S/C22H23N5O2/c1-15-9-27(14-25-15)22-23-7-17(8-24-22)10-26-5-6-29-21(11-26)19-4-3-18-12-28-13-20(18)16(19)2/h3-4,7-9,12-14,21H,5-6,10-11H2,1-2H3/t21-/m0/s1. The van der Waals surface area contributed by atoms with E-state index in [0.717, 1.165) is 41.7 Å². The summed E-state index contributed by atoms with van der Waals surface area (Å²) in [6.45, 7) is 7.33. The summed E-state index contributed by atoms with van der Waals surface area (Å²) in [6, 6.07) is 4.26. The van der Waals surface area contributed by atoms with E-state index in [1.54, 1.807) is 12.6 Å². The summed E-state index contributed by atoms with van der Waals surface area (Å²) in [5.41, 5.74) is 4.49. The molecule has 1 atom stereocenters. The summed E-state index contributed by atoms with van der Waals surface area (Å²) in [6.07, 6.45) is 11.1. The smallest absolute Gasteiger partial charge is 0.234 e. The second-order valence-electron chi connectivity index (χ2n) is 7.56. The van der Waals surface area contributed by atoms with Gasteiger partial charge < -0.3 is 9.15 Å². The average molecular weight is 389 g/mol. The monoisotopic (exact) mass is 389 g/mol. The lowest BCUT2D eigenvalue weighted by Crippen LogP contribution is -2.38. The minimum Gasteiger partial charge on any atom is -0.471 e. The fourth-order valence-electron chi connectivity index (χ4n) is 3.94. The van der Waals surface area contributed by atoms with E-state index in [0.29, 0.717) is 12.6 Å². The van der Waals surface area contributed by atoms with E-state index < -0.39 is 0 Å². The van der Waals surface area contributed by atoms with Crippen LogP contribution in [-0.2, 0) is 11.3 Å². The largest absolute Gasteiger partial charge is 0.471 e. The molecule has 1 aliphatic heterocycles. The minimum absolute atomic E-state index is 0.0529. The third-order valence-electron chi connectivity index (χ3n) is 5.51. The Morgan fingerprint density at radius 3 is 2.76 bits per heavy atom. The van der Waals surface area contributed by atoms with E-state index in [2.05, 4.69) is 38.9 Å². The van der Waals surface area contributed by atoms with Crippen molar-refractivity contribution in [3.05, 3.63) is 72.0 Å². The first-order valence-corrected chi connectivity index (χ1v) is 9.78. The molecule has 4 heterocycles. The van der Waals surface area contributed by atoms with Gasteiger partial charge in [-0.2, -0.15) is 0 Å². The topological polar surface area (TPSA) is 69.2 Å². The van der Waals surface area contributed by atoms with E-state index >= 15 is 0 Å². The molecule has 0 amide bonds. The van der Waals surface area contributed by atoms with Gasteiger partial charge in [0.1, 0.15) is 6.33 Å². The van der Waals surface area contributed by atoms with Crippen LogP contribution in [0.25, 0.3) is 16.7 Å². The van der Waals surface area contributed by atoms with Gasteiger partial charge in [0, 0.05) is 54.6 Å². The molecular weight excluding hydrogens is 366 g/mol. The first kappa shape index (κ1) is 18.0. The number of fused-ring (bicyclic) bond motifs is 1. The maximum atomic E-state index is 6.10. The molecule has 1 aromatic carbocycles. The SMILES string of the molecule is Cc1cn(-c2ncc(CN3CCO[C@H](c4ccc5cocc5c4C)C3)cn2)cn1. The summed E-state index contributed by atoms with van der Waals surface area (Å²) >= 11 is 0. The number of benzene rings is 1. The Bertz CT molecular complexity index is 1130. The number of aryl methyl sites for hydroxylation is 2. The van der Waals surface area contributed by atoms with Gasteiger partial charge in [-0.1, -0.05) is 12.1 Å². The lowest BCUT2D eigenvalue weighted by molar-refractivity contribution is -0.0332. The molecule has 1 fully saturated rings. The third kappa shape index (κ3) is 3.54. The molecule has 0 aliphatic carbocycles. The molecule has 7 nitrogen and oxygen atoms in total. The molecule has 1 saturated heterocycles. The van der Waals surface area contributed by atoms with E-state index in [4.69, 9.17) is 9.15 Å². The molecular formula is C22H23N5O2. The Labute approximate surface area is 169 Å². The van der Waals surface area contributed by atoms with Crippen molar-refractivity contribution in [1.82, 2.24) is 24.4 Å². The second-order valence-corrected chi connectivity index (χ2v) is 7.56. The van der Waals surface area contributed by atoms with Crippen molar-refractivity contribution < 1.29 is 9.15 Å². The summed E-state index contributed by atoms with van der Waals surface area (Å²) in [7, 11) is 0. The molecule has 3 aromatic heterocycles. The van der Waals surface area contributed by atoms with Crippen molar-refractivity contribution >= 4 is 10.8 Å². The number of rotatable bonds is 4. The molecule has 0 unspecified atom stereocenters. The van der Waals surface area contributed by atoms with Gasteiger partial charge in [-0.15, -0.1) is 0 Å². The second kappa shape index (κ2) is 7.42. The number of furan rings is 1. The summed E-state index contributed by atoms with van der Waals surface area (Å²) in [5.74, 6) is 0.637. The molecule has 29 heavy (non-hydrogen) atoms. The first-order valence-electron chi connectivity index (χ1n) is 9.78. The highest BCUT2D eigenvalue weighted by Gasteiger charge is 2.24. The highest BCUT2D eigenvalue weighted by molar-refractivity contribution is 5.85. The summed E-state index contributed by atoms with van der Waals surface area (Å²) < 4.78 is 13.3. The molecule has 148 valence electrons. The van der Waals surface area contributed by atoms with Crippen LogP contribution in [0, 0.1) is 13.8 Å². The summed E-state index contributed by atoms with van der Waals surface area (Å²) in [4.78, 5) is 15.6. The molecule has 4 aromatic rings. The number of morpholine rings is 1. The van der Waals surface area contributed by atoms with Gasteiger partial charge in [-0.25, -0.2) is 15.0 Å². The molecule has 0 spiro atoms. The van der Waals surface area contributed by atoms with E-state index in [-0.39, 0.29) is 6.10 Å². The number of nitrogens with zero attached hydrogens (tertiary/aromatic N) is 5. The van der Waals surface area contributed by atoms with Crippen LogP contribution in [0.5, 0.6) is 0 Å². The molecule has 0 bridgehead atoms. The van der Waals surface area contributed by atoms with Crippen molar-refractivity contribution in [3.63, 3.8) is 0 Å². The van der Waals surface area contributed by atoms with Gasteiger partial charge in [0.15, 0.2) is 0 Å². The van der Waals surface area contributed by atoms with Crippen molar-refractivity contribution in [1.29, 1.82) is 0 Å². The van der Waals surface area contributed by atoms with Crippen LogP contribution in [0.4, 0.5) is 0 Å². The Morgan fingerprint density at radius 2 is 1.97 bits per heavy atom. The normalized spacial score (nSPS) is 17.8. The third-order valence-corrected chi connectivity index (χ3v) is 5.51. The van der Waals surface area contributed by atoms with Crippen LogP contribution >= 0.6 is 0 Å². The zero-order valence-electron chi connectivity index (χ0n) is 16.6. The molecule has 0 saturated carbocycles. The van der Waals surface area contributed by atoms with Crippen molar-refractivity contribution in [2.24, 2.45) is 0 Å². The number of ether oxygens (including phenoxy) is 1. The Hall–Kier alpha value is -3.03. The van der Waals surface area contributed by atoms with E-state index in [9.17, 15) is 0 Å². The van der Waals surface area contributed by atoms with Gasteiger partial charge in [-0.05, 0) is 25.0 Å². The molecule has 0 N–H and O–H groups in total. The quantitative estimate of drug-likeness (QED) is 0.531. The van der Waals surface area contributed by atoms with Gasteiger partial charge in [0.2, 0.25) is 5.95 Å². The van der Waals surface area contributed by atoms with Crippen LogP contribution in [0.15, 0.2) is 54.0 Å². The maximum Gasteiger partial charge on any atom is 0.234 e.